The largest absolute Gasteiger partial charge is 0.497 e. The highest BCUT2D eigenvalue weighted by Gasteiger charge is 2.20. The number of hydrogen-bond acceptors (Lipinski definition) is 4. The van der Waals surface area contributed by atoms with E-state index in [1.165, 1.54) is 0 Å². The Balaban J connectivity index is 1.44. The molecule has 0 saturated carbocycles. The number of carbonyl (C=O) groups excluding carboxylic acids is 1. The van der Waals surface area contributed by atoms with Crippen molar-refractivity contribution in [2.75, 3.05) is 44.7 Å². The molecule has 0 atom stereocenters. The van der Waals surface area contributed by atoms with Crippen LogP contribution in [-0.2, 0) is 11.3 Å². The van der Waals surface area contributed by atoms with Crippen LogP contribution < -0.4 is 15.0 Å². The molecule has 1 saturated heterocycles. The molecule has 5 nitrogen and oxygen atoms in total. The van der Waals surface area contributed by atoms with Crippen LogP contribution in [0.5, 0.6) is 5.75 Å². The zero-order valence-electron chi connectivity index (χ0n) is 15.0. The Morgan fingerprint density at radius 2 is 1.88 bits per heavy atom. The van der Waals surface area contributed by atoms with E-state index < -0.39 is 0 Å². The number of nitrogens with zero attached hydrogens (tertiary/aromatic N) is 2. The van der Waals surface area contributed by atoms with Gasteiger partial charge < -0.3 is 15.0 Å². The maximum atomic E-state index is 12.2. The molecule has 26 heavy (non-hydrogen) atoms. The van der Waals surface area contributed by atoms with Crippen LogP contribution in [0.1, 0.15) is 5.56 Å². The van der Waals surface area contributed by atoms with Crippen LogP contribution in [0.3, 0.4) is 0 Å². The second kappa shape index (κ2) is 8.92. The van der Waals surface area contributed by atoms with Gasteiger partial charge in [-0.2, -0.15) is 0 Å². The van der Waals surface area contributed by atoms with Crippen molar-refractivity contribution in [2.24, 2.45) is 0 Å². The maximum Gasteiger partial charge on any atom is 0.234 e. The fraction of sp³-hybridized carbons (Fsp3) is 0.350. The van der Waals surface area contributed by atoms with Crippen molar-refractivity contribution in [3.63, 3.8) is 0 Å². The molecule has 0 bridgehead atoms. The summed E-state index contributed by atoms with van der Waals surface area (Å²) in [5.41, 5.74) is 2.09. The lowest BCUT2D eigenvalue weighted by atomic mass is 10.2. The average Bonchev–Trinajstić information content (AvgIpc) is 2.68. The first-order chi connectivity index (χ1) is 12.7. The van der Waals surface area contributed by atoms with Crippen molar-refractivity contribution >= 4 is 23.2 Å². The van der Waals surface area contributed by atoms with Gasteiger partial charge in [0.05, 0.1) is 24.4 Å². The van der Waals surface area contributed by atoms with Gasteiger partial charge in [-0.1, -0.05) is 35.9 Å². The minimum Gasteiger partial charge on any atom is -0.497 e. The third kappa shape index (κ3) is 4.90. The third-order valence-electron chi connectivity index (χ3n) is 4.56. The summed E-state index contributed by atoms with van der Waals surface area (Å²) in [5, 5.41) is 3.75. The first-order valence-electron chi connectivity index (χ1n) is 8.77. The molecule has 2 aromatic rings. The number of benzene rings is 2. The van der Waals surface area contributed by atoms with E-state index in [4.69, 9.17) is 16.3 Å². The highest BCUT2D eigenvalue weighted by Crippen LogP contribution is 2.25. The lowest BCUT2D eigenvalue weighted by Crippen LogP contribution is -2.49. The number of methoxy groups -OCH3 is 1. The third-order valence-corrected chi connectivity index (χ3v) is 4.88. The number of anilines is 1. The van der Waals surface area contributed by atoms with Crippen LogP contribution in [0.15, 0.2) is 48.5 Å². The van der Waals surface area contributed by atoms with Gasteiger partial charge in [0, 0.05) is 32.7 Å². The quantitative estimate of drug-likeness (QED) is 0.845. The monoisotopic (exact) mass is 373 g/mol. The molecule has 0 aliphatic carbocycles. The second-order valence-corrected chi connectivity index (χ2v) is 6.75. The Morgan fingerprint density at radius 3 is 2.62 bits per heavy atom. The Labute approximate surface area is 159 Å². The molecule has 138 valence electrons. The summed E-state index contributed by atoms with van der Waals surface area (Å²) < 4.78 is 5.20. The number of para-hydroxylation sites is 1. The second-order valence-electron chi connectivity index (χ2n) is 6.34. The number of rotatable bonds is 6. The number of piperazine rings is 1. The topological polar surface area (TPSA) is 44.8 Å². The molecule has 3 rings (SSSR count). The van der Waals surface area contributed by atoms with Crippen LogP contribution >= 0.6 is 11.6 Å². The molecular weight excluding hydrogens is 350 g/mol. The van der Waals surface area contributed by atoms with Crippen molar-refractivity contribution in [2.45, 2.75) is 6.54 Å². The fourth-order valence-electron chi connectivity index (χ4n) is 3.10. The SMILES string of the molecule is COc1cccc(CNC(=O)CN2CCN(c3ccccc3Cl)CC2)c1. The Morgan fingerprint density at radius 1 is 1.12 bits per heavy atom. The molecule has 1 N–H and O–H groups in total. The van der Waals surface area contributed by atoms with Crippen LogP contribution in [0.4, 0.5) is 5.69 Å². The summed E-state index contributed by atoms with van der Waals surface area (Å²) in [6.45, 7) is 4.35. The van der Waals surface area contributed by atoms with Crippen LogP contribution in [0.25, 0.3) is 0 Å². The molecular formula is C20H24ClN3O2. The van der Waals surface area contributed by atoms with E-state index in [1.54, 1.807) is 7.11 Å². The van der Waals surface area contributed by atoms with Gasteiger partial charge in [0.15, 0.2) is 0 Å². The summed E-state index contributed by atoms with van der Waals surface area (Å²) in [6.07, 6.45) is 0. The van der Waals surface area contributed by atoms with Crippen molar-refractivity contribution in [1.82, 2.24) is 10.2 Å². The van der Waals surface area contributed by atoms with E-state index in [0.29, 0.717) is 13.1 Å². The Bertz CT molecular complexity index is 745. The van der Waals surface area contributed by atoms with Crippen LogP contribution in [-0.4, -0.2) is 50.6 Å². The Kier molecular flexibility index (Phi) is 6.36. The van der Waals surface area contributed by atoms with E-state index >= 15 is 0 Å². The van der Waals surface area contributed by atoms with Gasteiger partial charge in [0.25, 0.3) is 0 Å². The average molecular weight is 374 g/mol. The zero-order valence-corrected chi connectivity index (χ0v) is 15.7. The molecule has 1 amide bonds. The van der Waals surface area contributed by atoms with E-state index in [-0.39, 0.29) is 5.91 Å². The standard InChI is InChI=1S/C20H24ClN3O2/c1-26-17-6-4-5-16(13-17)14-22-20(25)15-23-9-11-24(12-10-23)19-8-3-2-7-18(19)21/h2-8,13H,9-12,14-15H2,1H3,(H,22,25). The summed E-state index contributed by atoms with van der Waals surface area (Å²) in [7, 11) is 1.64. The van der Waals surface area contributed by atoms with Gasteiger partial charge in [-0.3, -0.25) is 9.69 Å². The predicted octanol–water partition coefficient (Wildman–Crippen LogP) is 2.79. The van der Waals surface area contributed by atoms with Crippen LogP contribution in [0.2, 0.25) is 5.02 Å². The number of ether oxygens (including phenoxy) is 1. The lowest BCUT2D eigenvalue weighted by Gasteiger charge is -2.36. The smallest absolute Gasteiger partial charge is 0.234 e. The van der Waals surface area contributed by atoms with Crippen molar-refractivity contribution < 1.29 is 9.53 Å². The predicted molar refractivity (Wildman–Crippen MR) is 105 cm³/mol. The molecule has 0 aromatic heterocycles. The van der Waals surface area contributed by atoms with Crippen molar-refractivity contribution in [3.05, 3.63) is 59.1 Å². The Hall–Kier alpha value is -2.24. The van der Waals surface area contributed by atoms with Crippen molar-refractivity contribution in [3.8, 4) is 5.75 Å². The molecule has 1 aliphatic heterocycles. The van der Waals surface area contributed by atoms with Crippen LogP contribution in [0, 0.1) is 0 Å². The van der Waals surface area contributed by atoms with E-state index in [1.807, 2.05) is 48.5 Å². The summed E-state index contributed by atoms with van der Waals surface area (Å²) in [6, 6.07) is 15.6. The summed E-state index contributed by atoms with van der Waals surface area (Å²) >= 11 is 6.27. The summed E-state index contributed by atoms with van der Waals surface area (Å²) in [5.74, 6) is 0.839. The van der Waals surface area contributed by atoms with E-state index in [2.05, 4.69) is 15.1 Å². The van der Waals surface area contributed by atoms with E-state index in [0.717, 1.165) is 48.2 Å². The van der Waals surface area contributed by atoms with Crippen molar-refractivity contribution in [1.29, 1.82) is 0 Å². The first-order valence-corrected chi connectivity index (χ1v) is 9.15. The molecule has 0 spiro atoms. The van der Waals surface area contributed by atoms with Gasteiger partial charge in [0.2, 0.25) is 5.91 Å². The highest BCUT2D eigenvalue weighted by atomic mass is 35.5. The van der Waals surface area contributed by atoms with Gasteiger partial charge in [0.1, 0.15) is 5.75 Å². The molecule has 2 aromatic carbocycles. The van der Waals surface area contributed by atoms with Gasteiger partial charge in [-0.25, -0.2) is 0 Å². The molecule has 1 fully saturated rings. The molecule has 1 aliphatic rings. The lowest BCUT2D eigenvalue weighted by molar-refractivity contribution is -0.122. The molecule has 0 radical (unpaired) electrons. The molecule has 6 heteroatoms. The highest BCUT2D eigenvalue weighted by molar-refractivity contribution is 6.33. The maximum absolute atomic E-state index is 12.2. The molecule has 1 heterocycles. The normalized spacial score (nSPS) is 14.9. The van der Waals surface area contributed by atoms with Gasteiger partial charge in [-0.05, 0) is 29.8 Å². The molecule has 0 unspecified atom stereocenters. The zero-order chi connectivity index (χ0) is 18.4. The van der Waals surface area contributed by atoms with E-state index in [9.17, 15) is 4.79 Å². The minimum atomic E-state index is 0.0408. The van der Waals surface area contributed by atoms with Gasteiger partial charge >= 0.3 is 0 Å². The number of carbonyl (C=O) groups is 1. The van der Waals surface area contributed by atoms with Gasteiger partial charge in [-0.15, -0.1) is 0 Å². The summed E-state index contributed by atoms with van der Waals surface area (Å²) in [4.78, 5) is 16.7. The fourth-order valence-corrected chi connectivity index (χ4v) is 3.35. The minimum absolute atomic E-state index is 0.0408. The number of hydrogen-bond donors (Lipinski definition) is 1. The number of halogens is 1. The number of nitrogens with one attached hydrogen (secondary N) is 1. The first kappa shape index (κ1) is 18.5. The number of amides is 1.